The largest absolute Gasteiger partial charge is 0.454 e. The lowest BCUT2D eigenvalue weighted by Gasteiger charge is -2.24. The number of pyridine rings is 1. The molecule has 0 spiro atoms. The number of carbonyl (C=O) groups is 1. The Morgan fingerprint density at radius 3 is 2.94 bits per heavy atom. The molecule has 1 aliphatic heterocycles. The van der Waals surface area contributed by atoms with Gasteiger partial charge in [-0.3, -0.25) is 4.98 Å². The number of ether oxygens (including phenoxy) is 1. The monoisotopic (exact) mass is 241 g/mol. The lowest BCUT2D eigenvalue weighted by molar-refractivity contribution is -0.144. The lowest BCUT2D eigenvalue weighted by atomic mass is 9.88. The molecule has 0 saturated heterocycles. The van der Waals surface area contributed by atoms with Crippen LogP contribution in [0.3, 0.4) is 0 Å². The number of carbonyl (C=O) groups excluding carboxylic acids is 1. The minimum absolute atomic E-state index is 0.172. The number of aromatic nitrogens is 1. The van der Waals surface area contributed by atoms with Gasteiger partial charge in [-0.05, 0) is 12.5 Å². The summed E-state index contributed by atoms with van der Waals surface area (Å²) < 4.78 is 5.39. The summed E-state index contributed by atoms with van der Waals surface area (Å²) in [5.41, 5.74) is 3.31. The summed E-state index contributed by atoms with van der Waals surface area (Å²) in [5, 5.41) is 0. The second kappa shape index (κ2) is 4.41. The minimum Gasteiger partial charge on any atom is -0.454 e. The van der Waals surface area contributed by atoms with Gasteiger partial charge in [0.2, 0.25) is 0 Å². The molecule has 2 heterocycles. The van der Waals surface area contributed by atoms with Crippen molar-refractivity contribution in [3.05, 3.63) is 47.3 Å². The zero-order valence-electron chi connectivity index (χ0n) is 10.3. The van der Waals surface area contributed by atoms with Crippen LogP contribution in [-0.2, 0) is 9.53 Å². The van der Waals surface area contributed by atoms with E-state index >= 15 is 0 Å². The van der Waals surface area contributed by atoms with Crippen molar-refractivity contribution in [3.63, 3.8) is 0 Å². The van der Waals surface area contributed by atoms with Crippen LogP contribution >= 0.6 is 0 Å². The molecule has 0 fully saturated rings. The third kappa shape index (κ3) is 1.86. The van der Waals surface area contributed by atoms with Gasteiger partial charge in [-0.2, -0.15) is 0 Å². The van der Waals surface area contributed by atoms with E-state index in [2.05, 4.69) is 24.1 Å². The molecule has 0 radical (unpaired) electrons. The SMILES string of the molecule is CC1CC=Cc2c(C3CC=CC(=O)O3)ccnc21. The molecule has 92 valence electrons. The van der Waals surface area contributed by atoms with E-state index in [1.165, 1.54) is 6.08 Å². The lowest BCUT2D eigenvalue weighted by Crippen LogP contribution is -2.16. The van der Waals surface area contributed by atoms with Crippen LogP contribution in [-0.4, -0.2) is 11.0 Å². The van der Waals surface area contributed by atoms with Gasteiger partial charge in [0.25, 0.3) is 0 Å². The Hall–Kier alpha value is -1.90. The van der Waals surface area contributed by atoms with E-state index in [1.807, 2.05) is 18.3 Å². The molecule has 2 atom stereocenters. The Kier molecular flexibility index (Phi) is 2.74. The molecule has 1 aromatic rings. The number of rotatable bonds is 1. The van der Waals surface area contributed by atoms with Gasteiger partial charge in [-0.1, -0.05) is 25.2 Å². The number of nitrogens with zero attached hydrogens (tertiary/aromatic N) is 1. The number of esters is 1. The molecule has 3 rings (SSSR count). The predicted molar refractivity (Wildman–Crippen MR) is 68.9 cm³/mol. The van der Waals surface area contributed by atoms with Crippen molar-refractivity contribution in [1.82, 2.24) is 4.98 Å². The van der Waals surface area contributed by atoms with Gasteiger partial charge in [-0.15, -0.1) is 0 Å². The highest BCUT2D eigenvalue weighted by Gasteiger charge is 2.24. The maximum atomic E-state index is 11.3. The van der Waals surface area contributed by atoms with Gasteiger partial charge < -0.3 is 4.74 Å². The van der Waals surface area contributed by atoms with Crippen LogP contribution in [0.5, 0.6) is 0 Å². The molecule has 18 heavy (non-hydrogen) atoms. The minimum atomic E-state index is -0.260. The maximum Gasteiger partial charge on any atom is 0.331 e. The highest BCUT2D eigenvalue weighted by molar-refractivity contribution is 5.83. The van der Waals surface area contributed by atoms with Crippen LogP contribution in [0, 0.1) is 0 Å². The second-order valence-corrected chi connectivity index (χ2v) is 4.80. The van der Waals surface area contributed by atoms with Crippen LogP contribution in [0.15, 0.2) is 30.5 Å². The second-order valence-electron chi connectivity index (χ2n) is 4.80. The third-order valence-electron chi connectivity index (χ3n) is 3.50. The fourth-order valence-corrected chi connectivity index (χ4v) is 2.57. The van der Waals surface area contributed by atoms with E-state index < -0.39 is 0 Å². The normalized spacial score (nSPS) is 25.7. The molecule has 0 aromatic carbocycles. The Balaban J connectivity index is 2.03. The van der Waals surface area contributed by atoms with E-state index in [0.29, 0.717) is 5.92 Å². The number of cyclic esters (lactones) is 1. The standard InChI is InChI=1S/C15H15NO2/c1-10-4-2-5-12-11(8-9-16-15(10)12)13-6-3-7-14(17)18-13/h2-3,5,7-10,13H,4,6H2,1H3. The summed E-state index contributed by atoms with van der Waals surface area (Å²) in [7, 11) is 0. The summed E-state index contributed by atoms with van der Waals surface area (Å²) in [6.07, 6.45) is 11.0. The van der Waals surface area contributed by atoms with E-state index in [0.717, 1.165) is 29.7 Å². The van der Waals surface area contributed by atoms with E-state index in [9.17, 15) is 4.79 Å². The van der Waals surface area contributed by atoms with Crippen LogP contribution in [0.1, 0.15) is 48.6 Å². The van der Waals surface area contributed by atoms with Crippen molar-refractivity contribution >= 4 is 12.0 Å². The number of hydrogen-bond acceptors (Lipinski definition) is 3. The average molecular weight is 241 g/mol. The molecule has 2 aliphatic rings. The zero-order chi connectivity index (χ0) is 12.5. The predicted octanol–water partition coefficient (Wildman–Crippen LogP) is 3.15. The molecular formula is C15H15NO2. The van der Waals surface area contributed by atoms with Gasteiger partial charge in [-0.25, -0.2) is 4.79 Å². The van der Waals surface area contributed by atoms with Crippen molar-refractivity contribution < 1.29 is 9.53 Å². The molecule has 3 nitrogen and oxygen atoms in total. The number of hydrogen-bond donors (Lipinski definition) is 0. The van der Waals surface area contributed by atoms with Gasteiger partial charge in [0, 0.05) is 35.7 Å². The Labute approximate surface area is 106 Å². The maximum absolute atomic E-state index is 11.3. The Morgan fingerprint density at radius 1 is 1.28 bits per heavy atom. The van der Waals surface area contributed by atoms with Crippen molar-refractivity contribution in [3.8, 4) is 0 Å². The van der Waals surface area contributed by atoms with Crippen molar-refractivity contribution in [1.29, 1.82) is 0 Å². The summed E-state index contributed by atoms with van der Waals surface area (Å²) in [6, 6.07) is 1.96. The molecular weight excluding hydrogens is 226 g/mol. The molecule has 1 aromatic heterocycles. The highest BCUT2D eigenvalue weighted by atomic mass is 16.5. The first-order valence-corrected chi connectivity index (χ1v) is 6.28. The highest BCUT2D eigenvalue weighted by Crippen LogP contribution is 2.35. The van der Waals surface area contributed by atoms with Gasteiger partial charge in [0.1, 0.15) is 6.10 Å². The van der Waals surface area contributed by atoms with Crippen molar-refractivity contribution in [2.75, 3.05) is 0 Å². The summed E-state index contributed by atoms with van der Waals surface area (Å²) in [4.78, 5) is 15.8. The van der Waals surface area contributed by atoms with Crippen LogP contribution in [0.25, 0.3) is 6.08 Å². The number of fused-ring (bicyclic) bond motifs is 1. The number of allylic oxidation sites excluding steroid dienone is 1. The molecule has 0 amide bonds. The molecule has 3 heteroatoms. The van der Waals surface area contributed by atoms with Crippen molar-refractivity contribution in [2.24, 2.45) is 0 Å². The van der Waals surface area contributed by atoms with Crippen LogP contribution in [0.4, 0.5) is 0 Å². The van der Waals surface area contributed by atoms with E-state index in [-0.39, 0.29) is 12.1 Å². The topological polar surface area (TPSA) is 39.2 Å². The van der Waals surface area contributed by atoms with Crippen LogP contribution in [0.2, 0.25) is 0 Å². The molecule has 0 N–H and O–H groups in total. The molecule has 2 unspecified atom stereocenters. The van der Waals surface area contributed by atoms with Gasteiger partial charge >= 0.3 is 5.97 Å². The van der Waals surface area contributed by atoms with Gasteiger partial charge in [0.05, 0.1) is 5.69 Å². The molecule has 0 saturated carbocycles. The third-order valence-corrected chi connectivity index (χ3v) is 3.50. The molecule has 0 bridgehead atoms. The first-order chi connectivity index (χ1) is 8.75. The summed E-state index contributed by atoms with van der Waals surface area (Å²) in [6.45, 7) is 2.17. The smallest absolute Gasteiger partial charge is 0.331 e. The first kappa shape index (κ1) is 11.2. The average Bonchev–Trinajstić information content (AvgIpc) is 2.39. The zero-order valence-corrected chi connectivity index (χ0v) is 10.3. The van der Waals surface area contributed by atoms with Crippen LogP contribution < -0.4 is 0 Å². The van der Waals surface area contributed by atoms with E-state index in [4.69, 9.17) is 4.74 Å². The van der Waals surface area contributed by atoms with Gasteiger partial charge in [0.15, 0.2) is 0 Å². The molecule has 1 aliphatic carbocycles. The summed E-state index contributed by atoms with van der Waals surface area (Å²) in [5.74, 6) is 0.171. The quantitative estimate of drug-likeness (QED) is 0.709. The van der Waals surface area contributed by atoms with E-state index in [1.54, 1.807) is 0 Å². The summed E-state index contributed by atoms with van der Waals surface area (Å²) >= 11 is 0. The first-order valence-electron chi connectivity index (χ1n) is 6.28. The fourth-order valence-electron chi connectivity index (χ4n) is 2.57. The Bertz CT molecular complexity index is 545. The fraction of sp³-hybridized carbons (Fsp3) is 0.333. The van der Waals surface area contributed by atoms with Crippen molar-refractivity contribution in [2.45, 2.75) is 31.8 Å². The Morgan fingerprint density at radius 2 is 2.11 bits per heavy atom.